The van der Waals surface area contributed by atoms with Gasteiger partial charge in [-0.25, -0.2) is 0 Å². The summed E-state index contributed by atoms with van der Waals surface area (Å²) in [7, 11) is 0. The molecule has 0 amide bonds. The van der Waals surface area contributed by atoms with Crippen LogP contribution < -0.4 is 0 Å². The van der Waals surface area contributed by atoms with Crippen molar-refractivity contribution in [2.45, 2.75) is 20.3 Å². The molecule has 0 atom stereocenters. The zero-order valence-corrected chi connectivity index (χ0v) is 10.9. The number of carbonyl (C=O) groups is 2. The van der Waals surface area contributed by atoms with Gasteiger partial charge in [0.1, 0.15) is 6.29 Å². The predicted molar refractivity (Wildman–Crippen MR) is 73.4 cm³/mol. The first-order valence-corrected chi connectivity index (χ1v) is 6.47. The highest BCUT2D eigenvalue weighted by Crippen LogP contribution is 2.11. The Morgan fingerprint density at radius 3 is 2.65 bits per heavy atom. The molecule has 1 aromatic rings. The normalized spacial score (nSPS) is 10.7. The van der Waals surface area contributed by atoms with Crippen LogP contribution in [0, 0.1) is 6.92 Å². The average molecular weight is 248 g/mol. The van der Waals surface area contributed by atoms with Crippen molar-refractivity contribution in [3.05, 3.63) is 41.0 Å². The molecule has 0 aliphatic heterocycles. The monoisotopic (exact) mass is 248 g/mol. The average Bonchev–Trinajstić information content (AvgIpc) is 2.27. The molecule has 1 rings (SSSR count). The Morgan fingerprint density at radius 2 is 2.00 bits per heavy atom. The maximum absolute atomic E-state index is 10.7. The Kier molecular flexibility index (Phi) is 5.70. The summed E-state index contributed by atoms with van der Waals surface area (Å²) < 4.78 is 0. The molecule has 90 valence electrons. The molecule has 2 nitrogen and oxygen atoms in total. The fraction of sp³-hybridized carbons (Fsp3) is 0.286. The number of hydrogen-bond acceptors (Lipinski definition) is 3. The van der Waals surface area contributed by atoms with Crippen LogP contribution in [0.3, 0.4) is 0 Å². The van der Waals surface area contributed by atoms with E-state index >= 15 is 0 Å². The van der Waals surface area contributed by atoms with Crippen LogP contribution in [0.5, 0.6) is 0 Å². The first kappa shape index (κ1) is 13.7. The highest BCUT2D eigenvalue weighted by Gasteiger charge is 1.95. The maximum atomic E-state index is 10.7. The van der Waals surface area contributed by atoms with Crippen LogP contribution in [0.1, 0.15) is 34.8 Å². The second kappa shape index (κ2) is 7.07. The van der Waals surface area contributed by atoms with Crippen LogP contribution in [-0.4, -0.2) is 17.2 Å². The smallest absolute Gasteiger partial charge is 0.185 e. The van der Waals surface area contributed by atoms with Crippen LogP contribution in [0.15, 0.2) is 24.3 Å². The van der Waals surface area contributed by atoms with Crippen molar-refractivity contribution >= 4 is 29.2 Å². The van der Waals surface area contributed by atoms with Gasteiger partial charge in [-0.2, -0.15) is 0 Å². The molecular formula is C14H16O2S. The van der Waals surface area contributed by atoms with Crippen molar-refractivity contribution in [2.24, 2.45) is 0 Å². The van der Waals surface area contributed by atoms with E-state index in [1.54, 1.807) is 6.92 Å². The van der Waals surface area contributed by atoms with Gasteiger partial charge >= 0.3 is 0 Å². The van der Waals surface area contributed by atoms with Crippen LogP contribution in [0.25, 0.3) is 6.08 Å². The van der Waals surface area contributed by atoms with E-state index < -0.39 is 0 Å². The van der Waals surface area contributed by atoms with Crippen molar-refractivity contribution in [3.8, 4) is 0 Å². The Morgan fingerprint density at radius 1 is 1.29 bits per heavy atom. The molecule has 0 heterocycles. The lowest BCUT2D eigenvalue weighted by Gasteiger charge is -1.99. The molecule has 0 saturated heterocycles. The lowest BCUT2D eigenvalue weighted by Crippen LogP contribution is -1.85. The Hall–Kier alpha value is -1.35. The third-order valence-electron chi connectivity index (χ3n) is 2.16. The zero-order valence-electron chi connectivity index (χ0n) is 10.1. The van der Waals surface area contributed by atoms with E-state index in [0.717, 1.165) is 29.6 Å². The van der Waals surface area contributed by atoms with Gasteiger partial charge in [-0.3, -0.25) is 9.59 Å². The minimum atomic E-state index is 0.150. The first-order valence-electron chi connectivity index (χ1n) is 5.48. The third kappa shape index (κ3) is 5.50. The molecule has 0 aliphatic rings. The second-order valence-electron chi connectivity index (χ2n) is 3.83. The summed E-state index contributed by atoms with van der Waals surface area (Å²) in [5.41, 5.74) is 2.80. The van der Waals surface area contributed by atoms with Crippen molar-refractivity contribution < 1.29 is 9.59 Å². The second-order valence-corrected chi connectivity index (χ2v) is 5.10. The van der Waals surface area contributed by atoms with Gasteiger partial charge < -0.3 is 0 Å². The minimum Gasteiger partial charge on any atom is -0.298 e. The van der Waals surface area contributed by atoms with E-state index in [2.05, 4.69) is 0 Å². The molecule has 0 aliphatic carbocycles. The van der Waals surface area contributed by atoms with Gasteiger partial charge in [-0.05, 0) is 36.6 Å². The van der Waals surface area contributed by atoms with Gasteiger partial charge in [0.25, 0.3) is 0 Å². The maximum Gasteiger partial charge on any atom is 0.185 e. The van der Waals surface area contributed by atoms with Crippen molar-refractivity contribution in [2.75, 3.05) is 5.75 Å². The highest BCUT2D eigenvalue weighted by molar-refractivity contribution is 8.13. The number of rotatable bonds is 5. The number of aryl methyl sites for hydroxylation is 1. The van der Waals surface area contributed by atoms with Crippen LogP contribution in [0.2, 0.25) is 0 Å². The number of hydrogen-bond donors (Lipinski definition) is 0. The van der Waals surface area contributed by atoms with E-state index in [4.69, 9.17) is 0 Å². The predicted octanol–water partition coefficient (Wildman–Crippen LogP) is 3.49. The first-order chi connectivity index (χ1) is 8.11. The standard InChI is InChI=1S/C14H16O2S/c1-11-7-13(9-14(8-11)10-15)5-3-4-6-17-12(2)16/h3,5,7-10H,4,6H2,1-2H3. The van der Waals surface area contributed by atoms with E-state index in [1.165, 1.54) is 11.8 Å². The van der Waals surface area contributed by atoms with Gasteiger partial charge in [0.2, 0.25) is 0 Å². The largest absolute Gasteiger partial charge is 0.298 e. The third-order valence-corrected chi connectivity index (χ3v) is 3.00. The minimum absolute atomic E-state index is 0.150. The molecule has 17 heavy (non-hydrogen) atoms. The van der Waals surface area contributed by atoms with E-state index in [9.17, 15) is 9.59 Å². The summed E-state index contributed by atoms with van der Waals surface area (Å²) in [6.45, 7) is 3.54. The van der Waals surface area contributed by atoms with Crippen molar-refractivity contribution in [1.29, 1.82) is 0 Å². The van der Waals surface area contributed by atoms with E-state index in [1.807, 2.05) is 37.3 Å². The Bertz CT molecular complexity index is 436. The van der Waals surface area contributed by atoms with Gasteiger partial charge in [-0.1, -0.05) is 30.0 Å². The summed E-state index contributed by atoms with van der Waals surface area (Å²) in [5, 5.41) is 0.150. The molecule has 0 aromatic heterocycles. The molecule has 0 fully saturated rings. The number of aldehydes is 1. The number of thioether (sulfide) groups is 1. The number of benzene rings is 1. The molecule has 0 radical (unpaired) electrons. The SMILES string of the molecule is CC(=O)SCCC=Cc1cc(C)cc(C=O)c1. The van der Waals surface area contributed by atoms with Crippen LogP contribution in [0.4, 0.5) is 0 Å². The van der Waals surface area contributed by atoms with Crippen molar-refractivity contribution in [1.82, 2.24) is 0 Å². The molecule has 0 saturated carbocycles. The van der Waals surface area contributed by atoms with Crippen molar-refractivity contribution in [3.63, 3.8) is 0 Å². The van der Waals surface area contributed by atoms with Gasteiger partial charge in [0.15, 0.2) is 5.12 Å². The number of carbonyl (C=O) groups excluding carboxylic acids is 2. The summed E-state index contributed by atoms with van der Waals surface area (Å²) >= 11 is 1.33. The zero-order chi connectivity index (χ0) is 12.7. The van der Waals surface area contributed by atoms with Crippen LogP contribution in [-0.2, 0) is 4.79 Å². The number of allylic oxidation sites excluding steroid dienone is 1. The lowest BCUT2D eigenvalue weighted by atomic mass is 10.1. The Labute approximate surface area is 106 Å². The Balaban J connectivity index is 2.55. The van der Waals surface area contributed by atoms with E-state index in [-0.39, 0.29) is 5.12 Å². The molecule has 0 spiro atoms. The summed E-state index contributed by atoms with van der Waals surface area (Å²) in [5.74, 6) is 0.804. The fourth-order valence-corrected chi connectivity index (χ4v) is 2.04. The quantitative estimate of drug-likeness (QED) is 0.591. The van der Waals surface area contributed by atoms with Gasteiger partial charge in [-0.15, -0.1) is 0 Å². The van der Waals surface area contributed by atoms with Crippen LogP contribution >= 0.6 is 11.8 Å². The molecule has 0 bridgehead atoms. The molecule has 1 aromatic carbocycles. The van der Waals surface area contributed by atoms with E-state index in [0.29, 0.717) is 5.56 Å². The molecular weight excluding hydrogens is 232 g/mol. The highest BCUT2D eigenvalue weighted by atomic mass is 32.2. The molecule has 0 unspecified atom stereocenters. The van der Waals surface area contributed by atoms with Gasteiger partial charge in [0.05, 0.1) is 0 Å². The molecule has 0 N–H and O–H groups in total. The topological polar surface area (TPSA) is 34.1 Å². The summed E-state index contributed by atoms with van der Waals surface area (Å²) in [4.78, 5) is 21.4. The summed E-state index contributed by atoms with van der Waals surface area (Å²) in [6, 6.07) is 5.74. The van der Waals surface area contributed by atoms with Gasteiger partial charge in [0, 0.05) is 18.2 Å². The fourth-order valence-electron chi connectivity index (χ4n) is 1.50. The lowest BCUT2D eigenvalue weighted by molar-refractivity contribution is -0.109. The summed E-state index contributed by atoms with van der Waals surface area (Å²) in [6.07, 6.45) is 5.73. The molecule has 3 heteroatoms.